The van der Waals surface area contributed by atoms with Crippen LogP contribution in [0.15, 0.2) is 11.8 Å². The van der Waals surface area contributed by atoms with E-state index >= 15 is 0 Å². The molecule has 54 valence electrons. The van der Waals surface area contributed by atoms with Crippen molar-refractivity contribution < 1.29 is 9.13 Å². The van der Waals surface area contributed by atoms with Crippen molar-refractivity contribution in [2.24, 2.45) is 0 Å². The van der Waals surface area contributed by atoms with Crippen molar-refractivity contribution in [3.05, 3.63) is 11.8 Å². The highest BCUT2D eigenvalue weighted by molar-refractivity contribution is 4.86. The lowest BCUT2D eigenvalue weighted by molar-refractivity contribution is 0.0227. The Kier molecular flexibility index (Phi) is 4.10. The van der Waals surface area contributed by atoms with Gasteiger partial charge in [-0.05, 0) is 19.4 Å². The molecule has 0 aromatic heterocycles. The van der Waals surface area contributed by atoms with E-state index in [-0.39, 0.29) is 0 Å². The molecule has 0 aliphatic rings. The monoisotopic (exact) mass is 132 g/mol. The van der Waals surface area contributed by atoms with E-state index in [9.17, 15) is 4.39 Å². The molecule has 0 spiro atoms. The Hall–Kier alpha value is -0.530. The average Bonchev–Trinajstić information content (AvgIpc) is 1.63. The number of hydrogen-bond acceptors (Lipinski definition) is 1. The molecular formula is C7H13FO. The van der Waals surface area contributed by atoms with Crippen molar-refractivity contribution in [1.82, 2.24) is 0 Å². The van der Waals surface area contributed by atoms with Crippen molar-refractivity contribution in [2.45, 2.75) is 33.5 Å². The second-order valence-electron chi connectivity index (χ2n) is 1.88. The van der Waals surface area contributed by atoms with Crippen LogP contribution in [0.1, 0.15) is 27.2 Å². The number of halogens is 1. The fraction of sp³-hybridized carbons (Fsp3) is 0.714. The topological polar surface area (TPSA) is 9.23 Å². The molecule has 0 N–H and O–H groups in total. The first-order valence-electron chi connectivity index (χ1n) is 3.14. The molecule has 0 rings (SSSR count). The van der Waals surface area contributed by atoms with E-state index in [1.165, 1.54) is 6.92 Å². The van der Waals surface area contributed by atoms with Gasteiger partial charge in [0, 0.05) is 6.92 Å². The molecule has 0 aromatic carbocycles. The van der Waals surface area contributed by atoms with Crippen LogP contribution < -0.4 is 0 Å². The second-order valence-corrected chi connectivity index (χ2v) is 1.88. The van der Waals surface area contributed by atoms with Gasteiger partial charge in [-0.3, -0.25) is 0 Å². The van der Waals surface area contributed by atoms with Crippen LogP contribution in [0.5, 0.6) is 0 Å². The Bertz CT molecular complexity index is 97.1. The van der Waals surface area contributed by atoms with Gasteiger partial charge in [0.05, 0.1) is 5.76 Å². The molecule has 0 saturated heterocycles. The molecule has 0 aromatic rings. The summed E-state index contributed by atoms with van der Waals surface area (Å²) in [5.41, 5.74) is 0. The van der Waals surface area contributed by atoms with Gasteiger partial charge in [-0.15, -0.1) is 0 Å². The molecule has 1 nitrogen and oxygen atoms in total. The lowest BCUT2D eigenvalue weighted by Crippen LogP contribution is -1.97. The third kappa shape index (κ3) is 5.34. The van der Waals surface area contributed by atoms with Gasteiger partial charge >= 0.3 is 0 Å². The van der Waals surface area contributed by atoms with Gasteiger partial charge in [0.15, 0.2) is 0 Å². The molecule has 2 heteroatoms. The zero-order chi connectivity index (χ0) is 7.28. The molecule has 0 saturated carbocycles. The zero-order valence-electron chi connectivity index (χ0n) is 6.15. The van der Waals surface area contributed by atoms with Gasteiger partial charge < -0.3 is 4.74 Å². The Labute approximate surface area is 55.5 Å². The number of allylic oxidation sites excluding steroid dienone is 2. The fourth-order valence-electron chi connectivity index (χ4n) is 0.592. The lowest BCUT2D eigenvalue weighted by atomic mass is 10.4. The van der Waals surface area contributed by atoms with Crippen molar-refractivity contribution in [3.8, 4) is 0 Å². The summed E-state index contributed by atoms with van der Waals surface area (Å²) in [6, 6.07) is 0. The van der Waals surface area contributed by atoms with Gasteiger partial charge in [0.25, 0.3) is 0 Å². The molecular weight excluding hydrogens is 119 g/mol. The smallest absolute Gasteiger partial charge is 0.235 e. The maximum atomic E-state index is 12.0. The Morgan fingerprint density at radius 2 is 2.33 bits per heavy atom. The van der Waals surface area contributed by atoms with Crippen LogP contribution in [0, 0.1) is 0 Å². The minimum Gasteiger partial charge on any atom is -0.466 e. The van der Waals surface area contributed by atoms with Gasteiger partial charge in [0.2, 0.25) is 6.36 Å². The minimum absolute atomic E-state index is 0.660. The van der Waals surface area contributed by atoms with E-state index in [1.807, 2.05) is 13.0 Å². The zero-order valence-corrected chi connectivity index (χ0v) is 6.15. The number of hydrogen-bond donors (Lipinski definition) is 0. The highest BCUT2D eigenvalue weighted by atomic mass is 19.1. The Balaban J connectivity index is 3.49. The SMILES string of the molecule is CCC=C(C)OC(C)F. The minimum atomic E-state index is -1.19. The first kappa shape index (κ1) is 8.47. The number of rotatable bonds is 3. The van der Waals surface area contributed by atoms with Crippen molar-refractivity contribution in [1.29, 1.82) is 0 Å². The first-order valence-corrected chi connectivity index (χ1v) is 3.14. The van der Waals surface area contributed by atoms with Gasteiger partial charge in [0.1, 0.15) is 0 Å². The fourth-order valence-corrected chi connectivity index (χ4v) is 0.592. The van der Waals surface area contributed by atoms with Crippen LogP contribution >= 0.6 is 0 Å². The van der Waals surface area contributed by atoms with Gasteiger partial charge in [-0.25, -0.2) is 4.39 Å². The third-order valence-corrected chi connectivity index (χ3v) is 0.840. The van der Waals surface area contributed by atoms with Crippen LogP contribution in [0.2, 0.25) is 0 Å². The largest absolute Gasteiger partial charge is 0.466 e. The maximum Gasteiger partial charge on any atom is 0.235 e. The third-order valence-electron chi connectivity index (χ3n) is 0.840. The standard InChI is InChI=1S/C7H13FO/c1-4-5-6(2)9-7(3)8/h5,7H,4H2,1-3H3. The summed E-state index contributed by atoms with van der Waals surface area (Å²) in [6.45, 7) is 5.10. The number of ether oxygens (including phenoxy) is 1. The predicted octanol–water partition coefficient (Wildman–Crippen LogP) is 2.63. The average molecular weight is 132 g/mol. The summed E-state index contributed by atoms with van der Waals surface area (Å²) >= 11 is 0. The normalized spacial score (nSPS) is 15.3. The van der Waals surface area contributed by atoms with Crippen LogP contribution in [0.25, 0.3) is 0 Å². The quantitative estimate of drug-likeness (QED) is 0.536. The summed E-state index contributed by atoms with van der Waals surface area (Å²) in [5, 5.41) is 0. The van der Waals surface area contributed by atoms with E-state index in [0.29, 0.717) is 5.76 Å². The lowest BCUT2D eigenvalue weighted by Gasteiger charge is -2.05. The highest BCUT2D eigenvalue weighted by Crippen LogP contribution is 2.02. The molecule has 0 aliphatic heterocycles. The summed E-state index contributed by atoms with van der Waals surface area (Å²) in [5.74, 6) is 0.660. The second kappa shape index (κ2) is 4.36. The van der Waals surface area contributed by atoms with E-state index < -0.39 is 6.36 Å². The Morgan fingerprint density at radius 1 is 1.78 bits per heavy atom. The van der Waals surface area contributed by atoms with E-state index in [4.69, 9.17) is 0 Å². The first-order chi connectivity index (χ1) is 4.16. The van der Waals surface area contributed by atoms with E-state index in [0.717, 1.165) is 6.42 Å². The molecule has 0 aliphatic carbocycles. The highest BCUT2D eigenvalue weighted by Gasteiger charge is 1.95. The molecule has 0 fully saturated rings. The molecule has 1 unspecified atom stereocenters. The van der Waals surface area contributed by atoms with Crippen LogP contribution in [0.3, 0.4) is 0 Å². The van der Waals surface area contributed by atoms with Crippen LogP contribution in [-0.4, -0.2) is 6.36 Å². The molecule has 9 heavy (non-hydrogen) atoms. The van der Waals surface area contributed by atoms with E-state index in [1.54, 1.807) is 6.92 Å². The van der Waals surface area contributed by atoms with E-state index in [2.05, 4.69) is 4.74 Å². The summed E-state index contributed by atoms with van der Waals surface area (Å²) in [7, 11) is 0. The number of alkyl halides is 1. The molecule has 0 radical (unpaired) electrons. The van der Waals surface area contributed by atoms with Crippen molar-refractivity contribution in [3.63, 3.8) is 0 Å². The van der Waals surface area contributed by atoms with Crippen LogP contribution in [-0.2, 0) is 4.74 Å². The molecule has 0 amide bonds. The van der Waals surface area contributed by atoms with Crippen molar-refractivity contribution >= 4 is 0 Å². The maximum absolute atomic E-state index is 12.0. The Morgan fingerprint density at radius 3 is 2.67 bits per heavy atom. The van der Waals surface area contributed by atoms with Gasteiger partial charge in [-0.2, -0.15) is 0 Å². The summed E-state index contributed by atoms with van der Waals surface area (Å²) in [4.78, 5) is 0. The predicted molar refractivity (Wildman–Crippen MR) is 35.7 cm³/mol. The summed E-state index contributed by atoms with van der Waals surface area (Å²) in [6.07, 6.45) is 1.54. The molecule has 0 bridgehead atoms. The molecule has 1 atom stereocenters. The molecule has 0 heterocycles. The van der Waals surface area contributed by atoms with Gasteiger partial charge in [-0.1, -0.05) is 6.92 Å². The van der Waals surface area contributed by atoms with Crippen LogP contribution in [0.4, 0.5) is 4.39 Å². The summed E-state index contributed by atoms with van der Waals surface area (Å²) < 4.78 is 16.7. The van der Waals surface area contributed by atoms with Crippen molar-refractivity contribution in [2.75, 3.05) is 0 Å².